The fourth-order valence-corrected chi connectivity index (χ4v) is 2.24. The van der Waals surface area contributed by atoms with Crippen LogP contribution in [0.1, 0.15) is 15.9 Å². The first-order chi connectivity index (χ1) is 8.58. The molecule has 0 saturated heterocycles. The summed E-state index contributed by atoms with van der Waals surface area (Å²) in [5.74, 6) is -0.280. The average Bonchev–Trinajstić information content (AvgIpc) is 2.33. The number of nitrogens with one attached hydrogen (secondary N) is 1. The molecule has 2 rings (SSSR count). The predicted octanol–water partition coefficient (Wildman–Crippen LogP) is 4.06. The fraction of sp³-hybridized carbons (Fsp3) is 0.0769. The van der Waals surface area contributed by atoms with E-state index in [1.165, 1.54) is 6.20 Å². The molecule has 5 heteroatoms. The van der Waals surface area contributed by atoms with Gasteiger partial charge in [0.05, 0.1) is 16.3 Å². The fourth-order valence-electron chi connectivity index (χ4n) is 1.46. The molecule has 0 unspecified atom stereocenters. The van der Waals surface area contributed by atoms with Crippen LogP contribution in [-0.4, -0.2) is 10.9 Å². The minimum absolute atomic E-state index is 0.280. The molecule has 3 nitrogen and oxygen atoms in total. The largest absolute Gasteiger partial charge is 0.321 e. The smallest absolute Gasteiger partial charge is 0.258 e. The van der Waals surface area contributed by atoms with E-state index in [1.807, 2.05) is 25.1 Å². The van der Waals surface area contributed by atoms with Gasteiger partial charge in [-0.25, -0.2) is 0 Å². The van der Waals surface area contributed by atoms with Gasteiger partial charge in [-0.15, -0.1) is 0 Å². The summed E-state index contributed by atoms with van der Waals surface area (Å²) >= 11 is 9.34. The number of rotatable bonds is 2. The molecule has 0 aliphatic carbocycles. The standard InChI is InChI=1S/C13H10BrClN2O/c1-8-2-3-12(10(14)6-8)17-13(18)9-7-16-5-4-11(9)15/h2-7H,1H3,(H,17,18). The summed E-state index contributed by atoms with van der Waals surface area (Å²) in [5, 5.41) is 3.16. The van der Waals surface area contributed by atoms with Crippen LogP contribution in [-0.2, 0) is 0 Å². The highest BCUT2D eigenvalue weighted by molar-refractivity contribution is 9.10. The number of aryl methyl sites for hydroxylation is 1. The van der Waals surface area contributed by atoms with Crippen molar-refractivity contribution in [2.24, 2.45) is 0 Å². The topological polar surface area (TPSA) is 42.0 Å². The number of anilines is 1. The van der Waals surface area contributed by atoms with Crippen LogP contribution in [0.25, 0.3) is 0 Å². The molecule has 1 amide bonds. The van der Waals surface area contributed by atoms with Gasteiger partial charge >= 0.3 is 0 Å². The SMILES string of the molecule is Cc1ccc(NC(=O)c2cnccc2Cl)c(Br)c1. The van der Waals surface area contributed by atoms with Gasteiger partial charge in [0.1, 0.15) is 0 Å². The third-order valence-electron chi connectivity index (χ3n) is 2.39. The molecule has 0 bridgehead atoms. The number of nitrogens with zero attached hydrogens (tertiary/aromatic N) is 1. The van der Waals surface area contributed by atoms with Crippen LogP contribution in [0.5, 0.6) is 0 Å². The second-order valence-corrected chi connectivity index (χ2v) is 5.05. The van der Waals surface area contributed by atoms with Crippen molar-refractivity contribution < 1.29 is 4.79 Å². The maximum absolute atomic E-state index is 12.0. The number of aromatic nitrogens is 1. The molecule has 0 fully saturated rings. The third-order valence-corrected chi connectivity index (χ3v) is 3.37. The van der Waals surface area contributed by atoms with Crippen molar-refractivity contribution in [3.8, 4) is 0 Å². The highest BCUT2D eigenvalue weighted by Gasteiger charge is 2.11. The Labute approximate surface area is 118 Å². The van der Waals surface area contributed by atoms with Crippen molar-refractivity contribution in [1.29, 1.82) is 0 Å². The lowest BCUT2D eigenvalue weighted by Gasteiger charge is -2.08. The molecular weight excluding hydrogens is 316 g/mol. The predicted molar refractivity (Wildman–Crippen MR) is 76.1 cm³/mol. The van der Waals surface area contributed by atoms with Gasteiger partial charge in [-0.2, -0.15) is 0 Å². The van der Waals surface area contributed by atoms with Gasteiger partial charge < -0.3 is 5.32 Å². The minimum Gasteiger partial charge on any atom is -0.321 e. The summed E-state index contributed by atoms with van der Waals surface area (Å²) in [5.41, 5.74) is 2.16. The van der Waals surface area contributed by atoms with E-state index in [2.05, 4.69) is 26.2 Å². The van der Waals surface area contributed by atoms with Crippen LogP contribution in [0.15, 0.2) is 41.1 Å². The first-order valence-corrected chi connectivity index (χ1v) is 6.42. The van der Waals surface area contributed by atoms with E-state index in [-0.39, 0.29) is 5.91 Å². The quantitative estimate of drug-likeness (QED) is 0.905. The highest BCUT2D eigenvalue weighted by atomic mass is 79.9. The molecule has 0 radical (unpaired) electrons. The van der Waals surface area contributed by atoms with Crippen LogP contribution in [0.2, 0.25) is 5.02 Å². The van der Waals surface area contributed by atoms with E-state index in [4.69, 9.17) is 11.6 Å². The maximum Gasteiger partial charge on any atom is 0.258 e. The summed E-state index contributed by atoms with van der Waals surface area (Å²) < 4.78 is 0.830. The maximum atomic E-state index is 12.0. The lowest BCUT2D eigenvalue weighted by atomic mass is 10.2. The van der Waals surface area contributed by atoms with E-state index in [1.54, 1.807) is 12.3 Å². The van der Waals surface area contributed by atoms with Crippen LogP contribution in [0.3, 0.4) is 0 Å². The summed E-state index contributed by atoms with van der Waals surface area (Å²) in [7, 11) is 0. The second kappa shape index (κ2) is 5.50. The lowest BCUT2D eigenvalue weighted by Crippen LogP contribution is -2.13. The summed E-state index contributed by atoms with van der Waals surface area (Å²) in [6.07, 6.45) is 2.99. The molecule has 92 valence electrons. The van der Waals surface area contributed by atoms with Gasteiger partial charge in [0.15, 0.2) is 0 Å². The van der Waals surface area contributed by atoms with Crippen LogP contribution < -0.4 is 5.32 Å². The zero-order valence-electron chi connectivity index (χ0n) is 9.58. The number of amides is 1. The summed E-state index contributed by atoms with van der Waals surface area (Å²) in [4.78, 5) is 15.9. The van der Waals surface area contributed by atoms with Crippen LogP contribution in [0, 0.1) is 6.92 Å². The van der Waals surface area contributed by atoms with Gasteiger partial charge in [-0.1, -0.05) is 17.7 Å². The molecule has 0 saturated carbocycles. The molecule has 18 heavy (non-hydrogen) atoms. The van der Waals surface area contributed by atoms with Gasteiger partial charge in [0.2, 0.25) is 0 Å². The number of carbonyl (C=O) groups excluding carboxylic acids is 1. The number of halogens is 2. The molecule has 0 aliphatic heterocycles. The molecule has 1 aromatic carbocycles. The van der Waals surface area contributed by atoms with Crippen molar-refractivity contribution in [2.75, 3.05) is 5.32 Å². The molecular formula is C13H10BrClN2O. The lowest BCUT2D eigenvalue weighted by molar-refractivity contribution is 0.102. The van der Waals surface area contributed by atoms with Crippen LogP contribution in [0.4, 0.5) is 5.69 Å². The van der Waals surface area contributed by atoms with E-state index in [0.717, 1.165) is 10.0 Å². The molecule has 1 heterocycles. The van der Waals surface area contributed by atoms with Gasteiger partial charge in [-0.05, 0) is 46.6 Å². The van der Waals surface area contributed by atoms with E-state index >= 15 is 0 Å². The zero-order chi connectivity index (χ0) is 13.1. The molecule has 1 aromatic heterocycles. The molecule has 1 N–H and O–H groups in total. The van der Waals surface area contributed by atoms with Gasteiger partial charge in [0.25, 0.3) is 5.91 Å². The van der Waals surface area contributed by atoms with Gasteiger partial charge in [-0.3, -0.25) is 9.78 Å². The zero-order valence-corrected chi connectivity index (χ0v) is 11.9. The van der Waals surface area contributed by atoms with Crippen molar-refractivity contribution in [1.82, 2.24) is 4.98 Å². The van der Waals surface area contributed by atoms with Crippen molar-refractivity contribution in [3.05, 3.63) is 57.3 Å². The van der Waals surface area contributed by atoms with Crippen molar-refractivity contribution in [2.45, 2.75) is 6.92 Å². The van der Waals surface area contributed by atoms with Crippen molar-refractivity contribution >= 4 is 39.1 Å². The first kappa shape index (κ1) is 13.1. The Morgan fingerprint density at radius 1 is 1.39 bits per heavy atom. The average molecular weight is 326 g/mol. The first-order valence-electron chi connectivity index (χ1n) is 5.25. The number of hydrogen-bond donors (Lipinski definition) is 1. The Bertz CT molecular complexity index is 601. The van der Waals surface area contributed by atoms with E-state index in [0.29, 0.717) is 16.3 Å². The number of benzene rings is 1. The normalized spacial score (nSPS) is 10.2. The molecule has 0 spiro atoms. The molecule has 0 atom stereocenters. The Hall–Kier alpha value is -1.39. The monoisotopic (exact) mass is 324 g/mol. The molecule has 0 aliphatic rings. The second-order valence-electron chi connectivity index (χ2n) is 3.79. The summed E-state index contributed by atoms with van der Waals surface area (Å²) in [6.45, 7) is 1.98. The summed E-state index contributed by atoms with van der Waals surface area (Å²) in [6, 6.07) is 7.27. The van der Waals surface area contributed by atoms with Crippen LogP contribution >= 0.6 is 27.5 Å². The minimum atomic E-state index is -0.280. The number of hydrogen-bond acceptors (Lipinski definition) is 2. The Balaban J connectivity index is 2.24. The number of carbonyl (C=O) groups is 1. The van der Waals surface area contributed by atoms with Gasteiger partial charge in [0, 0.05) is 16.9 Å². The molecule has 2 aromatic rings. The van der Waals surface area contributed by atoms with E-state index < -0.39 is 0 Å². The van der Waals surface area contributed by atoms with Crippen molar-refractivity contribution in [3.63, 3.8) is 0 Å². The Morgan fingerprint density at radius 2 is 2.17 bits per heavy atom. The van der Waals surface area contributed by atoms with E-state index in [9.17, 15) is 4.79 Å². The number of pyridine rings is 1. The Morgan fingerprint density at radius 3 is 2.83 bits per heavy atom. The third kappa shape index (κ3) is 2.89. The Kier molecular flexibility index (Phi) is 3.99. The highest BCUT2D eigenvalue weighted by Crippen LogP contribution is 2.24.